The molecule has 140 valence electrons. The monoisotopic (exact) mass is 358 g/mol. The van der Waals surface area contributed by atoms with Crippen LogP contribution in [0.15, 0.2) is 41.9 Å². The molecule has 3 heterocycles. The number of hydrogen-bond donors (Lipinski definition) is 2. The lowest BCUT2D eigenvalue weighted by molar-refractivity contribution is -0.00811. The van der Waals surface area contributed by atoms with Crippen molar-refractivity contribution >= 4 is 5.96 Å². The van der Waals surface area contributed by atoms with Gasteiger partial charge < -0.3 is 20.1 Å². The Bertz CT molecular complexity index is 717. The van der Waals surface area contributed by atoms with E-state index in [4.69, 9.17) is 4.74 Å². The largest absolute Gasteiger partial charge is 0.386 e. The number of nitrogens with one attached hydrogen (secondary N) is 1. The lowest BCUT2D eigenvalue weighted by Crippen LogP contribution is -2.48. The average molecular weight is 358 g/mol. The summed E-state index contributed by atoms with van der Waals surface area (Å²) in [5, 5.41) is 17.9. The number of nitrogens with zero attached hydrogens (tertiary/aromatic N) is 5. The number of aromatic nitrogens is 3. The minimum absolute atomic E-state index is 0.0357. The van der Waals surface area contributed by atoms with E-state index in [-0.39, 0.29) is 6.10 Å². The summed E-state index contributed by atoms with van der Waals surface area (Å²) in [6, 6.07) is 3.61. The lowest BCUT2D eigenvalue weighted by atomic mass is 10.1. The van der Waals surface area contributed by atoms with Gasteiger partial charge in [0.25, 0.3) is 0 Å². The van der Waals surface area contributed by atoms with Crippen LogP contribution in [0, 0.1) is 0 Å². The Morgan fingerprint density at radius 2 is 2.27 bits per heavy atom. The maximum absolute atomic E-state index is 10.4. The van der Waals surface area contributed by atoms with Crippen LogP contribution in [0.4, 0.5) is 0 Å². The summed E-state index contributed by atoms with van der Waals surface area (Å²) < 4.78 is 7.68. The van der Waals surface area contributed by atoms with Crippen molar-refractivity contribution in [3.63, 3.8) is 0 Å². The highest BCUT2D eigenvalue weighted by Crippen LogP contribution is 2.22. The van der Waals surface area contributed by atoms with Crippen LogP contribution in [-0.2, 0) is 11.8 Å². The third-order valence-electron chi connectivity index (χ3n) is 4.30. The molecule has 8 heteroatoms. The summed E-state index contributed by atoms with van der Waals surface area (Å²) in [5.74, 6) is 0.790. The zero-order valence-corrected chi connectivity index (χ0v) is 15.2. The van der Waals surface area contributed by atoms with E-state index in [2.05, 4.69) is 25.3 Å². The normalized spacial score (nSPS) is 19.4. The van der Waals surface area contributed by atoms with E-state index in [0.29, 0.717) is 19.7 Å². The van der Waals surface area contributed by atoms with E-state index in [9.17, 15) is 5.11 Å². The molecule has 0 aromatic carbocycles. The van der Waals surface area contributed by atoms with E-state index in [1.54, 1.807) is 29.2 Å². The van der Waals surface area contributed by atoms with Crippen molar-refractivity contribution in [2.75, 3.05) is 32.8 Å². The first-order valence-electron chi connectivity index (χ1n) is 8.88. The Kier molecular flexibility index (Phi) is 6.19. The second kappa shape index (κ2) is 8.77. The van der Waals surface area contributed by atoms with Gasteiger partial charge >= 0.3 is 0 Å². The van der Waals surface area contributed by atoms with Gasteiger partial charge in [-0.15, -0.1) is 0 Å². The van der Waals surface area contributed by atoms with Crippen molar-refractivity contribution in [2.24, 2.45) is 12.0 Å². The second-order valence-electron chi connectivity index (χ2n) is 6.24. The van der Waals surface area contributed by atoms with Gasteiger partial charge in [-0.25, -0.2) is 0 Å². The quantitative estimate of drug-likeness (QED) is 0.610. The molecule has 0 saturated carbocycles. The highest BCUT2D eigenvalue weighted by atomic mass is 16.5. The number of aliphatic hydroxyl groups is 1. The van der Waals surface area contributed by atoms with Gasteiger partial charge in [0.05, 0.1) is 32.0 Å². The van der Waals surface area contributed by atoms with Gasteiger partial charge in [0.1, 0.15) is 6.10 Å². The molecule has 3 rings (SSSR count). The third-order valence-corrected chi connectivity index (χ3v) is 4.30. The van der Waals surface area contributed by atoms with Gasteiger partial charge in [0.2, 0.25) is 0 Å². The minimum atomic E-state index is -0.651. The van der Waals surface area contributed by atoms with Gasteiger partial charge in [-0.2, -0.15) is 5.10 Å². The Morgan fingerprint density at radius 1 is 1.46 bits per heavy atom. The predicted octanol–water partition coefficient (Wildman–Crippen LogP) is 0.887. The molecule has 0 amide bonds. The number of ether oxygens (including phenoxy) is 1. The molecule has 0 spiro atoms. The van der Waals surface area contributed by atoms with Crippen molar-refractivity contribution in [3.8, 4) is 0 Å². The Labute approximate surface area is 153 Å². The SMILES string of the molecule is CCNC(=NCC(O)c1ccncc1)N1CCOC(c2cnn(C)c2)C1. The number of hydrogen-bond acceptors (Lipinski definition) is 5. The van der Waals surface area contributed by atoms with Crippen LogP contribution in [0.2, 0.25) is 0 Å². The number of aliphatic imine (C=N–C) groups is 1. The van der Waals surface area contributed by atoms with E-state index in [1.165, 1.54) is 0 Å². The highest BCUT2D eigenvalue weighted by molar-refractivity contribution is 5.80. The average Bonchev–Trinajstić information content (AvgIpc) is 3.12. The molecule has 1 aliphatic rings. The van der Waals surface area contributed by atoms with Gasteiger partial charge in [-0.1, -0.05) is 0 Å². The number of guanidine groups is 1. The van der Waals surface area contributed by atoms with Crippen LogP contribution in [0.3, 0.4) is 0 Å². The number of aryl methyl sites for hydroxylation is 1. The summed E-state index contributed by atoms with van der Waals surface area (Å²) in [6.45, 7) is 5.17. The topological polar surface area (TPSA) is 87.8 Å². The Morgan fingerprint density at radius 3 is 2.96 bits per heavy atom. The van der Waals surface area contributed by atoms with Crippen molar-refractivity contribution in [1.29, 1.82) is 0 Å². The summed E-state index contributed by atoms with van der Waals surface area (Å²) in [4.78, 5) is 10.8. The van der Waals surface area contributed by atoms with E-state index < -0.39 is 6.10 Å². The fraction of sp³-hybridized carbons (Fsp3) is 0.500. The molecular formula is C18H26N6O2. The molecule has 2 aromatic heterocycles. The van der Waals surface area contributed by atoms with Gasteiger partial charge in [-0.05, 0) is 24.6 Å². The fourth-order valence-corrected chi connectivity index (χ4v) is 2.94. The summed E-state index contributed by atoms with van der Waals surface area (Å²) in [5.41, 5.74) is 1.87. The van der Waals surface area contributed by atoms with Gasteiger partial charge in [-0.3, -0.25) is 14.7 Å². The molecule has 8 nitrogen and oxygen atoms in total. The minimum Gasteiger partial charge on any atom is -0.386 e. The first-order valence-corrected chi connectivity index (χ1v) is 8.88. The smallest absolute Gasteiger partial charge is 0.194 e. The number of aliphatic hydroxyl groups excluding tert-OH is 1. The molecule has 1 saturated heterocycles. The molecule has 0 aliphatic carbocycles. The molecule has 1 aliphatic heterocycles. The highest BCUT2D eigenvalue weighted by Gasteiger charge is 2.25. The van der Waals surface area contributed by atoms with Crippen molar-refractivity contribution in [3.05, 3.63) is 48.0 Å². The molecular weight excluding hydrogens is 332 g/mol. The summed E-state index contributed by atoms with van der Waals surface area (Å²) >= 11 is 0. The van der Waals surface area contributed by atoms with Crippen LogP contribution < -0.4 is 5.32 Å². The molecule has 2 N–H and O–H groups in total. The zero-order valence-electron chi connectivity index (χ0n) is 15.2. The van der Waals surface area contributed by atoms with E-state index >= 15 is 0 Å². The number of pyridine rings is 1. The zero-order chi connectivity index (χ0) is 18.4. The first-order chi connectivity index (χ1) is 12.7. The fourth-order valence-electron chi connectivity index (χ4n) is 2.94. The van der Waals surface area contributed by atoms with Crippen molar-refractivity contribution in [2.45, 2.75) is 19.1 Å². The second-order valence-corrected chi connectivity index (χ2v) is 6.24. The summed E-state index contributed by atoms with van der Waals surface area (Å²) in [7, 11) is 1.90. The van der Waals surface area contributed by atoms with Crippen molar-refractivity contribution in [1.82, 2.24) is 25.0 Å². The van der Waals surface area contributed by atoms with E-state index in [0.717, 1.165) is 30.2 Å². The molecule has 0 radical (unpaired) electrons. The van der Waals surface area contributed by atoms with E-state index in [1.807, 2.05) is 26.4 Å². The molecule has 0 bridgehead atoms. The molecule has 2 atom stereocenters. The first kappa shape index (κ1) is 18.3. The molecule has 1 fully saturated rings. The molecule has 2 unspecified atom stereocenters. The van der Waals surface area contributed by atoms with Gasteiger partial charge in [0.15, 0.2) is 5.96 Å². The maximum Gasteiger partial charge on any atom is 0.194 e. The summed E-state index contributed by atoms with van der Waals surface area (Å²) in [6.07, 6.45) is 6.48. The predicted molar refractivity (Wildman–Crippen MR) is 98.6 cm³/mol. The van der Waals surface area contributed by atoms with Gasteiger partial charge in [0, 0.05) is 44.3 Å². The Balaban J connectivity index is 1.68. The number of morpholine rings is 1. The maximum atomic E-state index is 10.4. The molecule has 2 aromatic rings. The third kappa shape index (κ3) is 4.59. The number of rotatable bonds is 5. The van der Waals surface area contributed by atoms with Crippen LogP contribution in [-0.4, -0.2) is 63.5 Å². The van der Waals surface area contributed by atoms with Crippen molar-refractivity contribution < 1.29 is 9.84 Å². The van der Waals surface area contributed by atoms with Crippen LogP contribution in [0.5, 0.6) is 0 Å². The Hall–Kier alpha value is -2.45. The molecule has 26 heavy (non-hydrogen) atoms. The standard InChI is InChI=1S/C18H26N6O2/c1-3-20-18(21-11-16(25)14-4-6-19-7-5-14)24-8-9-26-17(13-24)15-10-22-23(2)12-15/h4-7,10,12,16-17,25H,3,8-9,11,13H2,1-2H3,(H,20,21). The van der Waals surface area contributed by atoms with Crippen LogP contribution in [0.1, 0.15) is 30.3 Å². The van der Waals surface area contributed by atoms with Crippen LogP contribution in [0.25, 0.3) is 0 Å². The van der Waals surface area contributed by atoms with Crippen LogP contribution >= 0.6 is 0 Å². The lowest BCUT2D eigenvalue weighted by Gasteiger charge is -2.35.